The number of rotatable bonds is 5. The van der Waals surface area contributed by atoms with E-state index in [9.17, 15) is 4.79 Å². The lowest BCUT2D eigenvalue weighted by molar-refractivity contribution is -0.130. The number of benzene rings is 1. The average molecular weight is 262 g/mol. The van der Waals surface area contributed by atoms with Crippen LogP contribution in [0.25, 0.3) is 0 Å². The molecule has 0 aliphatic heterocycles. The molecule has 19 heavy (non-hydrogen) atoms. The summed E-state index contributed by atoms with van der Waals surface area (Å²) in [5, 5.41) is 0. The van der Waals surface area contributed by atoms with Gasteiger partial charge in [-0.15, -0.1) is 0 Å². The Bertz CT molecular complexity index is 442. The van der Waals surface area contributed by atoms with E-state index >= 15 is 0 Å². The monoisotopic (exact) mass is 262 g/mol. The van der Waals surface area contributed by atoms with E-state index in [-0.39, 0.29) is 5.91 Å². The lowest BCUT2D eigenvalue weighted by Gasteiger charge is -2.35. The Labute approximate surface area is 114 Å². The van der Waals surface area contributed by atoms with Crippen molar-refractivity contribution in [3.05, 3.63) is 29.8 Å². The molecule has 104 valence electrons. The molecule has 0 atom stereocenters. The predicted molar refractivity (Wildman–Crippen MR) is 75.0 cm³/mol. The SMILES string of the molecule is COc1cccc(CC(=O)N(C)CC2CC(N)C2)c1. The van der Waals surface area contributed by atoms with Gasteiger partial charge in [-0.3, -0.25) is 4.79 Å². The molecule has 0 spiro atoms. The van der Waals surface area contributed by atoms with Gasteiger partial charge in [-0.2, -0.15) is 0 Å². The minimum absolute atomic E-state index is 0.147. The third kappa shape index (κ3) is 3.70. The van der Waals surface area contributed by atoms with Crippen LogP contribution in [0.4, 0.5) is 0 Å². The molecule has 2 N–H and O–H groups in total. The molecule has 0 bridgehead atoms. The van der Waals surface area contributed by atoms with Crippen LogP contribution in [0.2, 0.25) is 0 Å². The number of amides is 1. The molecule has 1 amide bonds. The molecule has 2 rings (SSSR count). The molecule has 4 nitrogen and oxygen atoms in total. The Morgan fingerprint density at radius 1 is 1.47 bits per heavy atom. The van der Waals surface area contributed by atoms with Gasteiger partial charge in [0, 0.05) is 19.6 Å². The van der Waals surface area contributed by atoms with Crippen LogP contribution in [0.5, 0.6) is 5.75 Å². The second-order valence-corrected chi connectivity index (χ2v) is 5.40. The third-order valence-corrected chi connectivity index (χ3v) is 3.72. The first-order chi connectivity index (χ1) is 9.08. The summed E-state index contributed by atoms with van der Waals surface area (Å²) >= 11 is 0. The predicted octanol–water partition coefficient (Wildman–Crippen LogP) is 1.43. The topological polar surface area (TPSA) is 55.6 Å². The van der Waals surface area contributed by atoms with Crippen molar-refractivity contribution in [3.63, 3.8) is 0 Å². The van der Waals surface area contributed by atoms with E-state index in [4.69, 9.17) is 10.5 Å². The lowest BCUT2D eigenvalue weighted by Crippen LogP contribution is -2.43. The molecular weight excluding hydrogens is 240 g/mol. The Kier molecular flexibility index (Phi) is 4.43. The van der Waals surface area contributed by atoms with Gasteiger partial charge in [0.25, 0.3) is 0 Å². The molecule has 1 saturated carbocycles. The highest BCUT2D eigenvalue weighted by Crippen LogP contribution is 2.26. The fourth-order valence-electron chi connectivity index (χ4n) is 2.52. The average Bonchev–Trinajstić information content (AvgIpc) is 2.37. The molecule has 0 radical (unpaired) electrons. The van der Waals surface area contributed by atoms with Crippen LogP contribution >= 0.6 is 0 Å². The highest BCUT2D eigenvalue weighted by molar-refractivity contribution is 5.78. The van der Waals surface area contributed by atoms with E-state index in [1.54, 1.807) is 7.11 Å². The third-order valence-electron chi connectivity index (χ3n) is 3.72. The van der Waals surface area contributed by atoms with Crippen LogP contribution in [0.15, 0.2) is 24.3 Å². The number of carbonyl (C=O) groups excluding carboxylic acids is 1. The summed E-state index contributed by atoms with van der Waals surface area (Å²) in [5.74, 6) is 1.51. The van der Waals surface area contributed by atoms with Crippen molar-refractivity contribution in [1.82, 2.24) is 4.90 Å². The van der Waals surface area contributed by atoms with Gasteiger partial charge in [0.15, 0.2) is 0 Å². The zero-order valence-corrected chi connectivity index (χ0v) is 11.6. The normalized spacial score (nSPS) is 21.6. The smallest absolute Gasteiger partial charge is 0.226 e. The molecule has 1 fully saturated rings. The first-order valence-corrected chi connectivity index (χ1v) is 6.71. The number of carbonyl (C=O) groups is 1. The summed E-state index contributed by atoms with van der Waals surface area (Å²) in [5.41, 5.74) is 6.75. The van der Waals surface area contributed by atoms with Crippen LogP contribution in [-0.2, 0) is 11.2 Å². The zero-order valence-electron chi connectivity index (χ0n) is 11.6. The number of nitrogens with zero attached hydrogens (tertiary/aromatic N) is 1. The number of hydrogen-bond acceptors (Lipinski definition) is 3. The van der Waals surface area contributed by atoms with Crippen molar-refractivity contribution in [2.24, 2.45) is 11.7 Å². The van der Waals surface area contributed by atoms with Crippen molar-refractivity contribution in [2.75, 3.05) is 20.7 Å². The highest BCUT2D eigenvalue weighted by Gasteiger charge is 2.27. The maximum atomic E-state index is 12.1. The van der Waals surface area contributed by atoms with Gasteiger partial charge >= 0.3 is 0 Å². The van der Waals surface area contributed by atoms with E-state index in [1.165, 1.54) is 0 Å². The van der Waals surface area contributed by atoms with Gasteiger partial charge in [0.1, 0.15) is 5.75 Å². The fraction of sp³-hybridized carbons (Fsp3) is 0.533. The van der Waals surface area contributed by atoms with Crippen LogP contribution < -0.4 is 10.5 Å². The zero-order chi connectivity index (χ0) is 13.8. The first-order valence-electron chi connectivity index (χ1n) is 6.71. The quantitative estimate of drug-likeness (QED) is 0.873. The fourth-order valence-corrected chi connectivity index (χ4v) is 2.52. The van der Waals surface area contributed by atoms with Crippen LogP contribution in [0.1, 0.15) is 18.4 Å². The summed E-state index contributed by atoms with van der Waals surface area (Å²) in [7, 11) is 3.50. The summed E-state index contributed by atoms with van der Waals surface area (Å²) in [6, 6.07) is 7.99. The second kappa shape index (κ2) is 6.06. The van der Waals surface area contributed by atoms with Gasteiger partial charge < -0.3 is 15.4 Å². The molecule has 0 heterocycles. The van der Waals surface area contributed by atoms with Crippen molar-refractivity contribution >= 4 is 5.91 Å². The molecule has 4 heteroatoms. The molecular formula is C15H22N2O2. The number of methoxy groups -OCH3 is 1. The summed E-state index contributed by atoms with van der Waals surface area (Å²) in [4.78, 5) is 13.9. The molecule has 1 aliphatic carbocycles. The minimum atomic E-state index is 0.147. The molecule has 1 aliphatic rings. The molecule has 0 unspecified atom stereocenters. The summed E-state index contributed by atoms with van der Waals surface area (Å²) in [6.07, 6.45) is 2.50. The maximum absolute atomic E-state index is 12.1. The van der Waals surface area contributed by atoms with Crippen molar-refractivity contribution in [3.8, 4) is 5.75 Å². The Hall–Kier alpha value is -1.55. The number of hydrogen-bond donors (Lipinski definition) is 1. The Morgan fingerprint density at radius 3 is 2.84 bits per heavy atom. The van der Waals surface area contributed by atoms with E-state index in [1.807, 2.05) is 36.2 Å². The van der Waals surface area contributed by atoms with E-state index in [0.717, 1.165) is 30.7 Å². The van der Waals surface area contributed by atoms with Crippen molar-refractivity contribution < 1.29 is 9.53 Å². The number of nitrogens with two attached hydrogens (primary N) is 1. The lowest BCUT2D eigenvalue weighted by atomic mass is 9.80. The highest BCUT2D eigenvalue weighted by atomic mass is 16.5. The van der Waals surface area contributed by atoms with Crippen molar-refractivity contribution in [2.45, 2.75) is 25.3 Å². The van der Waals surface area contributed by atoms with E-state index in [0.29, 0.717) is 18.4 Å². The molecule has 1 aromatic carbocycles. The summed E-state index contributed by atoms with van der Waals surface area (Å²) < 4.78 is 5.16. The maximum Gasteiger partial charge on any atom is 0.226 e. The second-order valence-electron chi connectivity index (χ2n) is 5.40. The van der Waals surface area contributed by atoms with Crippen LogP contribution in [0.3, 0.4) is 0 Å². The Morgan fingerprint density at radius 2 is 2.21 bits per heavy atom. The molecule has 0 aromatic heterocycles. The van der Waals surface area contributed by atoms with Gasteiger partial charge in [0.2, 0.25) is 5.91 Å². The minimum Gasteiger partial charge on any atom is -0.497 e. The Balaban J connectivity index is 1.85. The molecule has 1 aromatic rings. The van der Waals surface area contributed by atoms with Gasteiger partial charge in [-0.05, 0) is 36.5 Å². The van der Waals surface area contributed by atoms with Crippen LogP contribution in [-0.4, -0.2) is 37.6 Å². The van der Waals surface area contributed by atoms with Crippen molar-refractivity contribution in [1.29, 1.82) is 0 Å². The number of ether oxygens (including phenoxy) is 1. The van der Waals surface area contributed by atoms with E-state index in [2.05, 4.69) is 0 Å². The van der Waals surface area contributed by atoms with E-state index < -0.39 is 0 Å². The molecule has 0 saturated heterocycles. The summed E-state index contributed by atoms with van der Waals surface area (Å²) in [6.45, 7) is 0.816. The largest absolute Gasteiger partial charge is 0.497 e. The van der Waals surface area contributed by atoms with Gasteiger partial charge in [-0.1, -0.05) is 12.1 Å². The van der Waals surface area contributed by atoms with Gasteiger partial charge in [0.05, 0.1) is 13.5 Å². The number of likely N-dealkylation sites (N-methyl/N-ethyl adjacent to an activating group) is 1. The van der Waals surface area contributed by atoms with Gasteiger partial charge in [-0.25, -0.2) is 0 Å². The van der Waals surface area contributed by atoms with Crippen LogP contribution in [0, 0.1) is 5.92 Å². The first kappa shape index (κ1) is 13.9. The standard InChI is InChI=1S/C15H22N2O2/c1-17(10-12-6-13(16)7-12)15(18)9-11-4-3-5-14(8-11)19-2/h3-5,8,12-13H,6-7,9-10,16H2,1-2H3.